The van der Waals surface area contributed by atoms with Gasteiger partial charge in [0.2, 0.25) is 11.8 Å². The van der Waals surface area contributed by atoms with Crippen molar-refractivity contribution >= 4 is 29.3 Å². The summed E-state index contributed by atoms with van der Waals surface area (Å²) in [5.41, 5.74) is 1.52. The molecule has 0 saturated heterocycles. The maximum atomic E-state index is 13.5. The lowest BCUT2D eigenvalue weighted by Gasteiger charge is -2.11. The van der Waals surface area contributed by atoms with E-state index >= 15 is 0 Å². The van der Waals surface area contributed by atoms with Crippen LogP contribution in [0.4, 0.5) is 10.1 Å². The van der Waals surface area contributed by atoms with Gasteiger partial charge in [-0.3, -0.25) is 9.59 Å². The number of carbonyl (C=O) groups excluding carboxylic acids is 2. The molecular formula is C18H19FN2O3S. The van der Waals surface area contributed by atoms with E-state index in [1.54, 1.807) is 30.3 Å². The van der Waals surface area contributed by atoms with Crippen molar-refractivity contribution in [1.29, 1.82) is 0 Å². The molecule has 0 aliphatic heterocycles. The highest BCUT2D eigenvalue weighted by Crippen LogP contribution is 2.25. The van der Waals surface area contributed by atoms with Crippen LogP contribution in [0.1, 0.15) is 5.56 Å². The number of carbonyl (C=O) groups is 2. The lowest BCUT2D eigenvalue weighted by atomic mass is 10.2. The highest BCUT2D eigenvalue weighted by Gasteiger charge is 2.10. The maximum absolute atomic E-state index is 13.5. The summed E-state index contributed by atoms with van der Waals surface area (Å²) < 4.78 is 18.7. The molecule has 0 aromatic heterocycles. The molecule has 7 heteroatoms. The number of hydrogen-bond acceptors (Lipinski definition) is 4. The van der Waals surface area contributed by atoms with Gasteiger partial charge in [-0.05, 0) is 36.8 Å². The van der Waals surface area contributed by atoms with E-state index in [9.17, 15) is 14.0 Å². The van der Waals surface area contributed by atoms with Crippen molar-refractivity contribution in [3.63, 3.8) is 0 Å². The van der Waals surface area contributed by atoms with Crippen LogP contribution in [0.15, 0.2) is 47.4 Å². The Morgan fingerprint density at radius 3 is 2.64 bits per heavy atom. The third-order valence-electron chi connectivity index (χ3n) is 3.27. The van der Waals surface area contributed by atoms with Gasteiger partial charge in [0.05, 0.1) is 25.1 Å². The van der Waals surface area contributed by atoms with E-state index in [0.717, 1.165) is 17.3 Å². The molecule has 2 rings (SSSR count). The van der Waals surface area contributed by atoms with E-state index < -0.39 is 0 Å². The molecule has 0 heterocycles. The van der Waals surface area contributed by atoms with Crippen LogP contribution in [0.25, 0.3) is 0 Å². The summed E-state index contributed by atoms with van der Waals surface area (Å²) in [6, 6.07) is 11.6. The number of hydrogen-bond donors (Lipinski definition) is 2. The van der Waals surface area contributed by atoms with Crippen LogP contribution in [-0.4, -0.2) is 31.2 Å². The number of halogens is 1. The molecule has 0 unspecified atom stereocenters. The molecule has 0 saturated carbocycles. The number of amides is 2. The molecule has 132 valence electrons. The Labute approximate surface area is 150 Å². The Kier molecular flexibility index (Phi) is 6.82. The molecule has 0 aliphatic carbocycles. The molecular weight excluding hydrogens is 343 g/mol. The Balaban J connectivity index is 1.81. The normalized spacial score (nSPS) is 10.2. The van der Waals surface area contributed by atoms with Crippen LogP contribution in [-0.2, 0) is 9.59 Å². The third kappa shape index (κ3) is 5.79. The second-order valence-electron chi connectivity index (χ2n) is 5.25. The quantitative estimate of drug-likeness (QED) is 0.743. The monoisotopic (exact) mass is 362 g/mol. The van der Waals surface area contributed by atoms with Gasteiger partial charge in [-0.15, -0.1) is 11.8 Å². The molecule has 0 bridgehead atoms. The number of benzene rings is 2. The van der Waals surface area contributed by atoms with Crippen LogP contribution in [0, 0.1) is 12.7 Å². The van der Waals surface area contributed by atoms with Gasteiger partial charge in [0.25, 0.3) is 0 Å². The van der Waals surface area contributed by atoms with Gasteiger partial charge in [-0.25, -0.2) is 4.39 Å². The number of thioether (sulfide) groups is 1. The number of methoxy groups -OCH3 is 1. The third-order valence-corrected chi connectivity index (χ3v) is 4.32. The van der Waals surface area contributed by atoms with Gasteiger partial charge in [0.15, 0.2) is 0 Å². The molecule has 0 radical (unpaired) electrons. The molecule has 5 nitrogen and oxygen atoms in total. The summed E-state index contributed by atoms with van der Waals surface area (Å²) in [6.07, 6.45) is 0. The van der Waals surface area contributed by atoms with E-state index in [4.69, 9.17) is 4.74 Å². The van der Waals surface area contributed by atoms with E-state index in [-0.39, 0.29) is 29.9 Å². The summed E-state index contributed by atoms with van der Waals surface area (Å²) in [7, 11) is 1.52. The van der Waals surface area contributed by atoms with Crippen LogP contribution < -0.4 is 15.4 Å². The number of nitrogens with one attached hydrogen (secondary N) is 2. The first kappa shape index (κ1) is 18.8. The van der Waals surface area contributed by atoms with Gasteiger partial charge < -0.3 is 15.4 Å². The van der Waals surface area contributed by atoms with Crippen LogP contribution in [0.5, 0.6) is 5.75 Å². The zero-order valence-corrected chi connectivity index (χ0v) is 14.8. The topological polar surface area (TPSA) is 67.4 Å². The second kappa shape index (κ2) is 9.08. The first-order chi connectivity index (χ1) is 12.0. The number of aryl methyl sites for hydroxylation is 1. The minimum absolute atomic E-state index is 0.0297. The van der Waals surface area contributed by atoms with Crippen molar-refractivity contribution in [3.8, 4) is 5.75 Å². The highest BCUT2D eigenvalue weighted by molar-refractivity contribution is 8.00. The SMILES string of the molecule is COc1ccc(C)cc1NC(=O)CNC(=O)CSc1ccccc1F. The minimum atomic E-state index is -0.371. The lowest BCUT2D eigenvalue weighted by molar-refractivity contribution is -0.122. The van der Waals surface area contributed by atoms with Crippen molar-refractivity contribution in [2.75, 3.05) is 24.7 Å². The molecule has 0 fully saturated rings. The summed E-state index contributed by atoms with van der Waals surface area (Å²) in [5, 5.41) is 5.20. The zero-order chi connectivity index (χ0) is 18.2. The predicted molar refractivity (Wildman–Crippen MR) is 96.5 cm³/mol. The van der Waals surface area contributed by atoms with Gasteiger partial charge in [0, 0.05) is 4.90 Å². The first-order valence-electron chi connectivity index (χ1n) is 7.58. The van der Waals surface area contributed by atoms with Crippen LogP contribution in [0.2, 0.25) is 0 Å². The van der Waals surface area contributed by atoms with Crippen molar-refractivity contribution in [3.05, 3.63) is 53.8 Å². The molecule has 2 N–H and O–H groups in total. The molecule has 2 amide bonds. The number of rotatable bonds is 7. The molecule has 0 aliphatic rings. The average Bonchev–Trinajstić information content (AvgIpc) is 2.59. The van der Waals surface area contributed by atoms with Gasteiger partial charge in [0.1, 0.15) is 11.6 Å². The van der Waals surface area contributed by atoms with Crippen LogP contribution in [0.3, 0.4) is 0 Å². The molecule has 0 atom stereocenters. The average molecular weight is 362 g/mol. The summed E-state index contributed by atoms with van der Waals surface area (Å²) in [5.74, 6) is -0.514. The van der Waals surface area contributed by atoms with Crippen LogP contribution >= 0.6 is 11.8 Å². The molecule has 0 spiro atoms. The molecule has 25 heavy (non-hydrogen) atoms. The Bertz CT molecular complexity index is 768. The summed E-state index contributed by atoms with van der Waals surface area (Å²) in [6.45, 7) is 1.73. The fourth-order valence-electron chi connectivity index (χ4n) is 2.05. The fraction of sp³-hybridized carbons (Fsp3) is 0.222. The first-order valence-corrected chi connectivity index (χ1v) is 8.56. The van der Waals surface area contributed by atoms with Gasteiger partial charge >= 0.3 is 0 Å². The largest absolute Gasteiger partial charge is 0.495 e. The summed E-state index contributed by atoms with van der Waals surface area (Å²) in [4.78, 5) is 24.2. The predicted octanol–water partition coefficient (Wildman–Crippen LogP) is 2.99. The standard InChI is InChI=1S/C18H19FN2O3S/c1-12-7-8-15(24-2)14(9-12)21-17(22)10-20-18(23)11-25-16-6-4-3-5-13(16)19/h3-9H,10-11H2,1-2H3,(H,20,23)(H,21,22). The van der Waals surface area contributed by atoms with Crippen molar-refractivity contribution in [2.45, 2.75) is 11.8 Å². The van der Waals surface area contributed by atoms with E-state index in [0.29, 0.717) is 16.3 Å². The van der Waals surface area contributed by atoms with Crippen molar-refractivity contribution in [1.82, 2.24) is 5.32 Å². The number of ether oxygens (including phenoxy) is 1. The molecule has 2 aromatic rings. The fourth-order valence-corrected chi connectivity index (χ4v) is 2.82. The Morgan fingerprint density at radius 1 is 1.16 bits per heavy atom. The minimum Gasteiger partial charge on any atom is -0.495 e. The lowest BCUT2D eigenvalue weighted by Crippen LogP contribution is -2.34. The maximum Gasteiger partial charge on any atom is 0.243 e. The Hall–Kier alpha value is -2.54. The highest BCUT2D eigenvalue weighted by atomic mass is 32.2. The zero-order valence-electron chi connectivity index (χ0n) is 14.0. The van der Waals surface area contributed by atoms with Gasteiger partial charge in [-0.2, -0.15) is 0 Å². The van der Waals surface area contributed by atoms with E-state index in [1.165, 1.54) is 13.2 Å². The van der Waals surface area contributed by atoms with Crippen molar-refractivity contribution < 1.29 is 18.7 Å². The van der Waals surface area contributed by atoms with E-state index in [1.807, 2.05) is 13.0 Å². The second-order valence-corrected chi connectivity index (χ2v) is 6.26. The summed E-state index contributed by atoms with van der Waals surface area (Å²) >= 11 is 1.08. The molecule has 2 aromatic carbocycles. The Morgan fingerprint density at radius 2 is 1.92 bits per heavy atom. The van der Waals surface area contributed by atoms with Gasteiger partial charge in [-0.1, -0.05) is 18.2 Å². The van der Waals surface area contributed by atoms with Crippen molar-refractivity contribution in [2.24, 2.45) is 0 Å². The number of anilines is 1. The smallest absolute Gasteiger partial charge is 0.243 e. The van der Waals surface area contributed by atoms with E-state index in [2.05, 4.69) is 10.6 Å².